The van der Waals surface area contributed by atoms with E-state index in [2.05, 4.69) is 10.1 Å². The van der Waals surface area contributed by atoms with Crippen molar-refractivity contribution in [1.29, 1.82) is 0 Å². The summed E-state index contributed by atoms with van der Waals surface area (Å²) in [6.45, 7) is 0.511. The van der Waals surface area contributed by atoms with Crippen LogP contribution in [0.5, 0.6) is 0 Å². The number of nitro groups is 1. The number of nitrogens with one attached hydrogen (secondary N) is 1. The molecule has 1 unspecified atom stereocenters. The topological polar surface area (TPSA) is 102 Å². The van der Waals surface area contributed by atoms with Gasteiger partial charge in [0.25, 0.3) is 5.69 Å². The van der Waals surface area contributed by atoms with Crippen molar-refractivity contribution in [3.8, 4) is 0 Å². The first kappa shape index (κ1) is 16.5. The Hall–Kier alpha value is -2.35. The first-order valence-electron chi connectivity index (χ1n) is 7.53. The van der Waals surface area contributed by atoms with Crippen molar-refractivity contribution in [3.05, 3.63) is 32.8 Å². The van der Waals surface area contributed by atoms with Gasteiger partial charge < -0.3 is 15.0 Å². The van der Waals surface area contributed by atoms with Gasteiger partial charge in [-0.1, -0.05) is 11.6 Å². The third-order valence-corrected chi connectivity index (χ3v) is 4.51. The SMILES string of the molecule is COC(=O)c1cc([N+](=O)[O-])c(NC2CC(=O)N(C3CC3)C2)cc1Cl. The Morgan fingerprint density at radius 3 is 2.75 bits per heavy atom. The second-order valence-electron chi connectivity index (χ2n) is 5.92. The molecule has 0 spiro atoms. The zero-order valence-electron chi connectivity index (χ0n) is 13.0. The predicted octanol–water partition coefficient (Wildman–Crippen LogP) is 2.21. The molecule has 1 aliphatic heterocycles. The van der Waals surface area contributed by atoms with Crippen LogP contribution in [-0.4, -0.2) is 47.4 Å². The first-order chi connectivity index (χ1) is 11.4. The number of hydrogen-bond donors (Lipinski definition) is 1. The van der Waals surface area contributed by atoms with Crippen molar-refractivity contribution < 1.29 is 19.2 Å². The standard InChI is InChI=1S/C15H16ClN3O5/c1-24-15(21)10-5-13(19(22)23)12(6-11(10)16)17-8-4-14(20)18(7-8)9-2-3-9/h5-6,8-9,17H,2-4,7H2,1H3. The molecule has 0 bridgehead atoms. The molecule has 1 atom stereocenters. The number of nitrogens with zero attached hydrogens (tertiary/aromatic N) is 2. The van der Waals surface area contributed by atoms with Crippen LogP contribution in [-0.2, 0) is 9.53 Å². The maximum absolute atomic E-state index is 12.0. The van der Waals surface area contributed by atoms with E-state index in [4.69, 9.17) is 11.6 Å². The Bertz CT molecular complexity index is 719. The number of halogens is 1. The van der Waals surface area contributed by atoms with Gasteiger partial charge in [0.05, 0.1) is 28.7 Å². The molecule has 2 aliphatic rings. The Kier molecular flexibility index (Phi) is 4.31. The van der Waals surface area contributed by atoms with E-state index in [-0.39, 0.29) is 40.3 Å². The second kappa shape index (κ2) is 6.27. The molecule has 0 radical (unpaired) electrons. The smallest absolute Gasteiger partial charge is 0.339 e. The van der Waals surface area contributed by atoms with Crippen LogP contribution >= 0.6 is 11.6 Å². The number of rotatable bonds is 5. The van der Waals surface area contributed by atoms with Crippen molar-refractivity contribution in [3.63, 3.8) is 0 Å². The van der Waals surface area contributed by atoms with Crippen LogP contribution in [0.2, 0.25) is 5.02 Å². The number of likely N-dealkylation sites (tertiary alicyclic amines) is 1. The zero-order chi connectivity index (χ0) is 17.4. The lowest BCUT2D eigenvalue weighted by Gasteiger charge is -2.17. The highest BCUT2D eigenvalue weighted by Gasteiger charge is 2.39. The quantitative estimate of drug-likeness (QED) is 0.494. The van der Waals surface area contributed by atoms with Crippen molar-refractivity contribution in [2.45, 2.75) is 31.3 Å². The minimum Gasteiger partial charge on any atom is -0.465 e. The highest BCUT2D eigenvalue weighted by atomic mass is 35.5. The first-order valence-corrected chi connectivity index (χ1v) is 7.90. The van der Waals surface area contributed by atoms with Crippen LogP contribution < -0.4 is 5.32 Å². The number of nitro benzene ring substituents is 1. The third kappa shape index (κ3) is 3.14. The summed E-state index contributed by atoms with van der Waals surface area (Å²) in [7, 11) is 1.17. The molecule has 0 aromatic heterocycles. The molecule has 1 aromatic rings. The predicted molar refractivity (Wildman–Crippen MR) is 86.2 cm³/mol. The van der Waals surface area contributed by atoms with E-state index in [9.17, 15) is 19.7 Å². The number of carbonyl (C=O) groups excluding carboxylic acids is 2. The third-order valence-electron chi connectivity index (χ3n) is 4.19. The minimum absolute atomic E-state index is 0.0509. The molecule has 9 heteroatoms. The van der Waals surface area contributed by atoms with Gasteiger partial charge in [0, 0.05) is 25.1 Å². The molecule has 8 nitrogen and oxygen atoms in total. The molecule has 1 amide bonds. The van der Waals surface area contributed by atoms with Crippen molar-refractivity contribution >= 4 is 34.9 Å². The van der Waals surface area contributed by atoms with Crippen LogP contribution in [0.3, 0.4) is 0 Å². The van der Waals surface area contributed by atoms with Gasteiger partial charge in [-0.05, 0) is 18.9 Å². The molecule has 128 valence electrons. The van der Waals surface area contributed by atoms with Crippen LogP contribution in [0.15, 0.2) is 12.1 Å². The van der Waals surface area contributed by atoms with Gasteiger partial charge in [-0.25, -0.2) is 4.79 Å². The molecule has 1 aliphatic carbocycles. The van der Waals surface area contributed by atoms with E-state index in [0.717, 1.165) is 18.9 Å². The summed E-state index contributed by atoms with van der Waals surface area (Å²) in [5.74, 6) is -0.694. The van der Waals surface area contributed by atoms with Crippen LogP contribution in [0.25, 0.3) is 0 Å². The molecule has 2 fully saturated rings. The summed E-state index contributed by atoms with van der Waals surface area (Å²) in [6.07, 6.45) is 2.31. The molecule has 1 saturated heterocycles. The number of methoxy groups -OCH3 is 1. The number of amides is 1. The average Bonchev–Trinajstić information content (AvgIpc) is 3.30. The number of esters is 1. The Morgan fingerprint density at radius 2 is 2.17 bits per heavy atom. The fourth-order valence-corrected chi connectivity index (χ4v) is 3.12. The number of carbonyl (C=O) groups is 2. The van der Waals surface area contributed by atoms with Crippen LogP contribution in [0.1, 0.15) is 29.6 Å². The van der Waals surface area contributed by atoms with Crippen LogP contribution in [0.4, 0.5) is 11.4 Å². The van der Waals surface area contributed by atoms with Gasteiger partial charge in [-0.2, -0.15) is 0 Å². The van der Waals surface area contributed by atoms with Gasteiger partial charge in [-0.15, -0.1) is 0 Å². The van der Waals surface area contributed by atoms with E-state index < -0.39 is 10.9 Å². The van der Waals surface area contributed by atoms with Gasteiger partial charge in [0.2, 0.25) is 5.91 Å². The summed E-state index contributed by atoms with van der Waals surface area (Å²) in [6, 6.07) is 2.50. The number of ether oxygens (including phenoxy) is 1. The lowest BCUT2D eigenvalue weighted by atomic mass is 10.1. The van der Waals surface area contributed by atoms with E-state index in [0.29, 0.717) is 12.6 Å². The molecule has 1 saturated carbocycles. The zero-order valence-corrected chi connectivity index (χ0v) is 13.7. The highest BCUT2D eigenvalue weighted by molar-refractivity contribution is 6.34. The summed E-state index contributed by atoms with van der Waals surface area (Å²) in [5.41, 5.74) is -0.163. The lowest BCUT2D eigenvalue weighted by molar-refractivity contribution is -0.384. The maximum Gasteiger partial charge on any atom is 0.339 e. The van der Waals surface area contributed by atoms with Gasteiger partial charge in [-0.3, -0.25) is 14.9 Å². The molecule has 1 heterocycles. The molecule has 24 heavy (non-hydrogen) atoms. The molecule has 1 N–H and O–H groups in total. The van der Waals surface area contributed by atoms with Crippen molar-refractivity contribution in [1.82, 2.24) is 4.90 Å². The maximum atomic E-state index is 12.0. The second-order valence-corrected chi connectivity index (χ2v) is 6.33. The van der Waals surface area contributed by atoms with E-state index >= 15 is 0 Å². The molecular formula is C15H16ClN3O5. The molecule has 3 rings (SSSR count). The lowest BCUT2D eigenvalue weighted by Crippen LogP contribution is -2.29. The van der Waals surface area contributed by atoms with Crippen molar-refractivity contribution in [2.24, 2.45) is 0 Å². The number of anilines is 1. The number of hydrogen-bond acceptors (Lipinski definition) is 6. The molecule has 1 aromatic carbocycles. The van der Waals surface area contributed by atoms with E-state index in [1.807, 2.05) is 4.90 Å². The largest absolute Gasteiger partial charge is 0.465 e. The Morgan fingerprint density at radius 1 is 1.46 bits per heavy atom. The van der Waals surface area contributed by atoms with Gasteiger partial charge in [0.1, 0.15) is 5.69 Å². The summed E-state index contributed by atoms with van der Waals surface area (Å²) in [4.78, 5) is 36.1. The number of benzene rings is 1. The highest BCUT2D eigenvalue weighted by Crippen LogP contribution is 2.35. The van der Waals surface area contributed by atoms with Gasteiger partial charge >= 0.3 is 5.97 Å². The van der Waals surface area contributed by atoms with Crippen molar-refractivity contribution in [2.75, 3.05) is 19.0 Å². The Balaban J connectivity index is 1.84. The monoisotopic (exact) mass is 353 g/mol. The van der Waals surface area contributed by atoms with Crippen LogP contribution in [0, 0.1) is 10.1 Å². The summed E-state index contributed by atoms with van der Waals surface area (Å²) < 4.78 is 4.57. The minimum atomic E-state index is -0.745. The molecular weight excluding hydrogens is 338 g/mol. The summed E-state index contributed by atoms with van der Waals surface area (Å²) in [5, 5.41) is 14.4. The fourth-order valence-electron chi connectivity index (χ4n) is 2.88. The van der Waals surface area contributed by atoms with E-state index in [1.165, 1.54) is 13.2 Å². The Labute approximate surface area is 142 Å². The van der Waals surface area contributed by atoms with E-state index in [1.54, 1.807) is 0 Å². The normalized spacial score (nSPS) is 20.2. The fraction of sp³-hybridized carbons (Fsp3) is 0.467. The average molecular weight is 354 g/mol. The van der Waals surface area contributed by atoms with Gasteiger partial charge in [0.15, 0.2) is 0 Å². The summed E-state index contributed by atoms with van der Waals surface area (Å²) >= 11 is 6.04.